The van der Waals surface area contributed by atoms with Gasteiger partial charge in [-0.1, -0.05) is 29.8 Å². The van der Waals surface area contributed by atoms with Crippen LogP contribution in [0, 0.1) is 0 Å². The zero-order chi connectivity index (χ0) is 17.5. The molecule has 0 spiro atoms. The van der Waals surface area contributed by atoms with Crippen LogP contribution in [0.15, 0.2) is 71.6 Å². The molecule has 1 atom stereocenters. The fraction of sp³-hybridized carbons (Fsp3) is 0.150. The van der Waals surface area contributed by atoms with Crippen molar-refractivity contribution in [3.05, 3.63) is 82.8 Å². The molecule has 0 N–H and O–H groups in total. The molecule has 26 heavy (non-hydrogen) atoms. The van der Waals surface area contributed by atoms with E-state index >= 15 is 0 Å². The maximum absolute atomic E-state index is 6.04. The fourth-order valence-corrected chi connectivity index (χ4v) is 3.49. The van der Waals surface area contributed by atoms with Gasteiger partial charge in [-0.25, -0.2) is 4.99 Å². The highest BCUT2D eigenvalue weighted by Crippen LogP contribution is 2.36. The normalized spacial score (nSPS) is 19.7. The molecule has 0 amide bonds. The highest BCUT2D eigenvalue weighted by atomic mass is 35.5. The smallest absolute Gasteiger partial charge is 0.231 e. The summed E-state index contributed by atoms with van der Waals surface area (Å²) in [4.78, 5) is 4.58. The maximum Gasteiger partial charge on any atom is 0.231 e. The van der Waals surface area contributed by atoms with Crippen LogP contribution in [0.2, 0.25) is 5.02 Å². The third kappa shape index (κ3) is 2.61. The molecule has 1 unspecified atom stereocenters. The molecule has 130 valence electrons. The van der Waals surface area contributed by atoms with E-state index in [2.05, 4.69) is 27.3 Å². The number of nitrogens with zero attached hydrogens (tertiary/aromatic N) is 3. The van der Waals surface area contributed by atoms with Gasteiger partial charge >= 0.3 is 0 Å². The van der Waals surface area contributed by atoms with E-state index in [1.54, 1.807) is 0 Å². The zero-order valence-electron chi connectivity index (χ0n) is 13.9. The van der Waals surface area contributed by atoms with Crippen LogP contribution >= 0.6 is 11.6 Å². The lowest BCUT2D eigenvalue weighted by atomic mass is 10.1. The van der Waals surface area contributed by atoms with Gasteiger partial charge in [0.05, 0.1) is 6.54 Å². The Bertz CT molecular complexity index is 937. The second-order valence-electron chi connectivity index (χ2n) is 6.27. The molecule has 0 aliphatic carbocycles. The van der Waals surface area contributed by atoms with Crippen molar-refractivity contribution < 1.29 is 9.47 Å². The number of allylic oxidation sites excluding steroid dienone is 2. The molecule has 3 aliphatic heterocycles. The highest BCUT2D eigenvalue weighted by Gasteiger charge is 2.31. The van der Waals surface area contributed by atoms with Gasteiger partial charge in [0.1, 0.15) is 11.9 Å². The molecule has 2 aromatic rings. The van der Waals surface area contributed by atoms with Gasteiger partial charge in [0.25, 0.3) is 0 Å². The minimum absolute atomic E-state index is 0.0393. The summed E-state index contributed by atoms with van der Waals surface area (Å²) in [6, 6.07) is 14.0. The number of benzene rings is 2. The van der Waals surface area contributed by atoms with E-state index in [0.29, 0.717) is 6.54 Å². The fourth-order valence-electron chi connectivity index (χ4n) is 3.37. The lowest BCUT2D eigenvalue weighted by molar-refractivity contribution is 0.0370. The predicted molar refractivity (Wildman–Crippen MR) is 99.9 cm³/mol. The topological polar surface area (TPSA) is 37.3 Å². The molecule has 6 heteroatoms. The number of fused-ring (bicyclic) bond motifs is 2. The van der Waals surface area contributed by atoms with Crippen LogP contribution in [0.25, 0.3) is 0 Å². The number of rotatable bonds is 3. The Morgan fingerprint density at radius 2 is 1.92 bits per heavy atom. The van der Waals surface area contributed by atoms with Gasteiger partial charge in [-0.2, -0.15) is 0 Å². The molecular weight excluding hydrogens is 350 g/mol. The lowest BCUT2D eigenvalue weighted by Crippen LogP contribution is -2.39. The Morgan fingerprint density at radius 1 is 1.08 bits per heavy atom. The summed E-state index contributed by atoms with van der Waals surface area (Å²) < 4.78 is 10.9. The average Bonchev–Trinajstić information content (AvgIpc) is 3.29. The third-order valence-electron chi connectivity index (χ3n) is 4.62. The Balaban J connectivity index is 1.43. The summed E-state index contributed by atoms with van der Waals surface area (Å²) in [5, 5.41) is 5.09. The van der Waals surface area contributed by atoms with Gasteiger partial charge in [0.15, 0.2) is 11.5 Å². The Hall–Kier alpha value is -2.92. The van der Waals surface area contributed by atoms with E-state index in [-0.39, 0.29) is 12.8 Å². The molecule has 0 radical (unpaired) electrons. The number of hydrogen-bond donors (Lipinski definition) is 0. The van der Waals surface area contributed by atoms with Crippen molar-refractivity contribution in [2.75, 3.05) is 6.79 Å². The molecule has 3 heterocycles. The number of hydrazine groups is 1. The van der Waals surface area contributed by atoms with Crippen LogP contribution in [-0.2, 0) is 6.54 Å². The number of halogens is 1. The van der Waals surface area contributed by atoms with Gasteiger partial charge in [-0.05, 0) is 47.5 Å². The molecule has 0 bridgehead atoms. The molecule has 5 rings (SSSR count). The minimum atomic E-state index is 0.0393. The molecular formula is C20H16ClN3O2. The molecule has 0 fully saturated rings. The van der Waals surface area contributed by atoms with Crippen molar-refractivity contribution in [2.24, 2.45) is 4.99 Å². The first-order chi connectivity index (χ1) is 12.8. The Labute approximate surface area is 156 Å². The molecule has 0 saturated heterocycles. The van der Waals surface area contributed by atoms with Crippen LogP contribution in [-0.4, -0.2) is 23.0 Å². The van der Waals surface area contributed by atoms with E-state index in [1.807, 2.05) is 54.8 Å². The van der Waals surface area contributed by atoms with Crippen molar-refractivity contribution in [1.82, 2.24) is 10.0 Å². The Morgan fingerprint density at radius 3 is 2.81 bits per heavy atom. The highest BCUT2D eigenvalue weighted by molar-refractivity contribution is 6.30. The summed E-state index contributed by atoms with van der Waals surface area (Å²) in [5.41, 5.74) is 2.29. The summed E-state index contributed by atoms with van der Waals surface area (Å²) in [6.07, 6.45) is 8.06. The SMILES string of the molecule is Clc1ccc(C2C=NC3=CC=CN(Cc4ccc5c(c4)OCO5)N32)cc1. The minimum Gasteiger partial charge on any atom is -0.454 e. The van der Waals surface area contributed by atoms with Crippen molar-refractivity contribution in [2.45, 2.75) is 12.6 Å². The van der Waals surface area contributed by atoms with Gasteiger partial charge < -0.3 is 9.47 Å². The molecule has 3 aliphatic rings. The quantitative estimate of drug-likeness (QED) is 0.813. The number of ether oxygens (including phenoxy) is 2. The largest absolute Gasteiger partial charge is 0.454 e. The number of hydrogen-bond acceptors (Lipinski definition) is 5. The van der Waals surface area contributed by atoms with Crippen LogP contribution in [0.1, 0.15) is 17.2 Å². The first kappa shape index (κ1) is 15.3. The van der Waals surface area contributed by atoms with E-state index in [1.165, 1.54) is 0 Å². The Kier molecular flexibility index (Phi) is 3.60. The van der Waals surface area contributed by atoms with Crippen molar-refractivity contribution >= 4 is 17.8 Å². The van der Waals surface area contributed by atoms with Gasteiger partial charge in [-0.3, -0.25) is 10.0 Å². The van der Waals surface area contributed by atoms with Crippen LogP contribution in [0.4, 0.5) is 0 Å². The summed E-state index contributed by atoms with van der Waals surface area (Å²) in [7, 11) is 0. The van der Waals surface area contributed by atoms with E-state index in [9.17, 15) is 0 Å². The van der Waals surface area contributed by atoms with E-state index < -0.39 is 0 Å². The van der Waals surface area contributed by atoms with Crippen molar-refractivity contribution in [3.8, 4) is 11.5 Å². The molecule has 2 aromatic carbocycles. The number of aliphatic imine (C=N–C) groups is 1. The second-order valence-corrected chi connectivity index (χ2v) is 6.71. The summed E-state index contributed by atoms with van der Waals surface area (Å²) >= 11 is 6.04. The van der Waals surface area contributed by atoms with Crippen LogP contribution in [0.5, 0.6) is 11.5 Å². The molecule has 5 nitrogen and oxygen atoms in total. The molecule has 0 saturated carbocycles. The average molecular weight is 366 g/mol. The van der Waals surface area contributed by atoms with Crippen molar-refractivity contribution in [3.63, 3.8) is 0 Å². The standard InChI is InChI=1S/C20H16ClN3O2/c21-16-6-4-15(5-7-16)17-11-22-20-2-1-9-23(24(17)20)12-14-3-8-18-19(10-14)26-13-25-18/h1-11,17H,12-13H2. The van der Waals surface area contributed by atoms with Crippen molar-refractivity contribution in [1.29, 1.82) is 0 Å². The van der Waals surface area contributed by atoms with E-state index in [0.717, 1.165) is 33.5 Å². The molecule has 0 aromatic heterocycles. The summed E-state index contributed by atoms with van der Waals surface area (Å²) in [6.45, 7) is 0.992. The third-order valence-corrected chi connectivity index (χ3v) is 4.87. The van der Waals surface area contributed by atoms with Crippen LogP contribution in [0.3, 0.4) is 0 Å². The first-order valence-electron chi connectivity index (χ1n) is 8.40. The monoisotopic (exact) mass is 365 g/mol. The van der Waals surface area contributed by atoms with Gasteiger partial charge in [-0.15, -0.1) is 0 Å². The maximum atomic E-state index is 6.04. The van der Waals surface area contributed by atoms with E-state index in [4.69, 9.17) is 21.1 Å². The first-order valence-corrected chi connectivity index (χ1v) is 8.78. The van der Waals surface area contributed by atoms with Gasteiger partial charge in [0, 0.05) is 17.4 Å². The zero-order valence-corrected chi connectivity index (χ0v) is 14.6. The summed E-state index contributed by atoms with van der Waals surface area (Å²) in [5.74, 6) is 2.52. The predicted octanol–water partition coefficient (Wildman–Crippen LogP) is 4.28. The second kappa shape index (κ2) is 6.11. The lowest BCUT2D eigenvalue weighted by Gasteiger charge is -2.38. The van der Waals surface area contributed by atoms with Crippen LogP contribution < -0.4 is 9.47 Å². The van der Waals surface area contributed by atoms with Gasteiger partial charge in [0.2, 0.25) is 6.79 Å².